The number of alkyl halides is 5. The summed E-state index contributed by atoms with van der Waals surface area (Å²) < 4.78 is 96.5. The molecule has 1 fully saturated rings. The molecule has 3 N–H and O–H groups in total. The smallest absolute Gasteiger partial charge is 0.371 e. The fourth-order valence-electron chi connectivity index (χ4n) is 4.25. The van der Waals surface area contributed by atoms with Crippen LogP contribution in [-0.4, -0.2) is 39.5 Å². The average Bonchev–Trinajstić information content (AvgIpc) is 3.09. The molecular formula is C22H22F5N3O4S. The van der Waals surface area contributed by atoms with Gasteiger partial charge < -0.3 is 15.0 Å². The molecule has 7 nitrogen and oxygen atoms in total. The first-order chi connectivity index (χ1) is 16.2. The van der Waals surface area contributed by atoms with Crippen molar-refractivity contribution < 1.29 is 39.9 Å². The van der Waals surface area contributed by atoms with Crippen molar-refractivity contribution in [3.8, 4) is 0 Å². The van der Waals surface area contributed by atoms with Gasteiger partial charge in [0.25, 0.3) is 5.91 Å². The summed E-state index contributed by atoms with van der Waals surface area (Å²) in [6.45, 7) is -0.259. The van der Waals surface area contributed by atoms with Crippen LogP contribution in [0.1, 0.15) is 46.9 Å². The highest BCUT2D eigenvalue weighted by atomic mass is 32.2. The van der Waals surface area contributed by atoms with Crippen molar-refractivity contribution in [3.63, 3.8) is 0 Å². The molecule has 2 heterocycles. The molecule has 0 bridgehead atoms. The van der Waals surface area contributed by atoms with Crippen LogP contribution in [0.5, 0.6) is 0 Å². The lowest BCUT2D eigenvalue weighted by molar-refractivity contribution is -0.219. The molecule has 0 saturated carbocycles. The molecule has 4 rings (SSSR count). The van der Waals surface area contributed by atoms with Crippen molar-refractivity contribution in [1.29, 1.82) is 0 Å². The van der Waals surface area contributed by atoms with Gasteiger partial charge >= 0.3 is 6.18 Å². The Labute approximate surface area is 198 Å². The van der Waals surface area contributed by atoms with E-state index in [1.54, 1.807) is 4.90 Å². The number of rotatable bonds is 4. The van der Waals surface area contributed by atoms with Crippen LogP contribution in [0.3, 0.4) is 0 Å². The highest BCUT2D eigenvalue weighted by Crippen LogP contribution is 2.45. The molecule has 13 heteroatoms. The van der Waals surface area contributed by atoms with Crippen LogP contribution >= 0.6 is 0 Å². The molecule has 35 heavy (non-hydrogen) atoms. The summed E-state index contributed by atoms with van der Waals surface area (Å²) in [4.78, 5) is 14.5. The number of nitrogens with one attached hydrogen (secondary N) is 1. The number of sulfonamides is 1. The fraction of sp³-hybridized carbons (Fsp3) is 0.409. The van der Waals surface area contributed by atoms with Gasteiger partial charge in [-0.05, 0) is 47.9 Å². The van der Waals surface area contributed by atoms with Gasteiger partial charge in [0.15, 0.2) is 6.10 Å². The molecule has 2 aliphatic heterocycles. The minimum atomic E-state index is -4.71. The highest BCUT2D eigenvalue weighted by molar-refractivity contribution is 7.89. The molecule has 1 amide bonds. The summed E-state index contributed by atoms with van der Waals surface area (Å²) in [5.74, 6) is -3.72. The number of hydrogen-bond acceptors (Lipinski definition) is 5. The number of hydrogen-bond donors (Lipinski definition) is 2. The first-order valence-electron chi connectivity index (χ1n) is 10.7. The second-order valence-electron chi connectivity index (χ2n) is 8.52. The number of halogens is 5. The SMILES string of the molecule is NS(=O)(=O)c1cccc(NC(=O)c2cc3c(cc2N2CCCC(F)(F)CC2)COC3C(F)(F)F)c1. The van der Waals surface area contributed by atoms with Gasteiger partial charge in [0.1, 0.15) is 0 Å². The Morgan fingerprint density at radius 1 is 1.14 bits per heavy atom. The molecule has 2 aliphatic rings. The van der Waals surface area contributed by atoms with E-state index in [0.29, 0.717) is 0 Å². The monoisotopic (exact) mass is 519 g/mol. The number of primary sulfonamides is 1. The lowest BCUT2D eigenvalue weighted by Crippen LogP contribution is -2.29. The molecule has 2 aromatic carbocycles. The van der Waals surface area contributed by atoms with Crippen molar-refractivity contribution in [2.24, 2.45) is 5.14 Å². The van der Waals surface area contributed by atoms with Gasteiger partial charge in [0.05, 0.1) is 17.1 Å². The molecule has 0 aliphatic carbocycles. The van der Waals surface area contributed by atoms with Crippen LogP contribution in [0.2, 0.25) is 0 Å². The number of amides is 1. The number of ether oxygens (including phenoxy) is 1. The second kappa shape index (κ2) is 9.03. The van der Waals surface area contributed by atoms with E-state index in [1.807, 2.05) is 0 Å². The Hall–Kier alpha value is -2.77. The first kappa shape index (κ1) is 25.3. The van der Waals surface area contributed by atoms with Gasteiger partial charge in [0, 0.05) is 37.3 Å². The molecule has 190 valence electrons. The number of benzene rings is 2. The van der Waals surface area contributed by atoms with Gasteiger partial charge in [-0.1, -0.05) is 6.07 Å². The summed E-state index contributed by atoms with van der Waals surface area (Å²) in [5, 5.41) is 7.59. The van der Waals surface area contributed by atoms with Crippen LogP contribution in [0.25, 0.3) is 0 Å². The van der Waals surface area contributed by atoms with Gasteiger partial charge in [-0.3, -0.25) is 4.79 Å². The molecule has 0 aromatic heterocycles. The zero-order chi connectivity index (χ0) is 25.6. The van der Waals surface area contributed by atoms with Gasteiger partial charge in [-0.2, -0.15) is 13.2 Å². The molecule has 0 radical (unpaired) electrons. The minimum absolute atomic E-state index is 0.0407. The van der Waals surface area contributed by atoms with Gasteiger partial charge in [-0.15, -0.1) is 0 Å². The zero-order valence-electron chi connectivity index (χ0n) is 18.2. The lowest BCUT2D eigenvalue weighted by Gasteiger charge is -2.26. The van der Waals surface area contributed by atoms with E-state index in [1.165, 1.54) is 24.3 Å². The molecule has 1 unspecified atom stereocenters. The van der Waals surface area contributed by atoms with Crippen molar-refractivity contribution >= 4 is 27.3 Å². The van der Waals surface area contributed by atoms with Crippen molar-refractivity contribution in [2.75, 3.05) is 23.3 Å². The quantitative estimate of drug-likeness (QED) is 0.585. The first-order valence-corrected chi connectivity index (χ1v) is 12.2. The second-order valence-corrected chi connectivity index (χ2v) is 10.1. The molecule has 1 saturated heterocycles. The Balaban J connectivity index is 1.74. The maximum Gasteiger partial charge on any atom is 0.418 e. The van der Waals surface area contributed by atoms with E-state index in [-0.39, 0.29) is 65.5 Å². The number of anilines is 2. The zero-order valence-corrected chi connectivity index (χ0v) is 19.1. The maximum atomic E-state index is 13.9. The average molecular weight is 519 g/mol. The third-order valence-electron chi connectivity index (χ3n) is 5.97. The van der Waals surface area contributed by atoms with Crippen molar-refractivity contribution in [2.45, 2.75) is 49.0 Å². The normalized spacial score (nSPS) is 20.3. The van der Waals surface area contributed by atoms with Crippen LogP contribution in [0.4, 0.5) is 33.3 Å². The van der Waals surface area contributed by atoms with Crippen molar-refractivity contribution in [3.05, 3.63) is 53.1 Å². The third-order valence-corrected chi connectivity index (χ3v) is 6.88. The Bertz CT molecular complexity index is 1250. The number of nitrogens with two attached hydrogens (primary N) is 1. The summed E-state index contributed by atoms with van der Waals surface area (Å²) in [6, 6.07) is 7.48. The predicted octanol–water partition coefficient (Wildman–Crippen LogP) is 4.35. The number of carbonyl (C=O) groups excluding carboxylic acids is 1. The number of nitrogens with zero attached hydrogens (tertiary/aromatic N) is 1. The lowest BCUT2D eigenvalue weighted by atomic mass is 9.98. The van der Waals surface area contributed by atoms with E-state index in [4.69, 9.17) is 9.88 Å². The number of fused-ring (bicyclic) bond motifs is 1. The summed E-state index contributed by atoms with van der Waals surface area (Å²) in [5.41, 5.74) is 0.0534. The largest absolute Gasteiger partial charge is 0.418 e. The van der Waals surface area contributed by atoms with Gasteiger partial charge in [0.2, 0.25) is 15.9 Å². The number of carbonyl (C=O) groups is 1. The standard InChI is InChI=1S/C22H22F5N3O4S/c23-21(24)5-2-7-30(8-6-21)18-9-13-12-34-19(22(25,26)27)16(13)11-17(18)20(31)29-14-3-1-4-15(10-14)35(28,32)33/h1,3-4,9-11,19H,2,5-8,12H2,(H,29,31)(H2,28,32,33). The Morgan fingerprint density at radius 2 is 1.89 bits per heavy atom. The van der Waals surface area contributed by atoms with E-state index in [2.05, 4.69) is 5.32 Å². The van der Waals surface area contributed by atoms with Crippen LogP contribution < -0.4 is 15.4 Å². The Morgan fingerprint density at radius 3 is 2.57 bits per heavy atom. The van der Waals surface area contributed by atoms with E-state index < -0.39 is 40.6 Å². The summed E-state index contributed by atoms with van der Waals surface area (Å²) in [6.07, 6.45) is -7.62. The van der Waals surface area contributed by atoms with Crippen LogP contribution in [0, 0.1) is 0 Å². The molecule has 0 spiro atoms. The van der Waals surface area contributed by atoms with Crippen molar-refractivity contribution in [1.82, 2.24) is 0 Å². The topological polar surface area (TPSA) is 102 Å². The Kier molecular flexibility index (Phi) is 6.53. The minimum Gasteiger partial charge on any atom is -0.371 e. The molecular weight excluding hydrogens is 497 g/mol. The van der Waals surface area contributed by atoms with Gasteiger partial charge in [-0.25, -0.2) is 22.3 Å². The third kappa shape index (κ3) is 5.57. The molecule has 1 atom stereocenters. The van der Waals surface area contributed by atoms with E-state index >= 15 is 0 Å². The molecule has 2 aromatic rings. The summed E-state index contributed by atoms with van der Waals surface area (Å²) in [7, 11) is -4.07. The predicted molar refractivity (Wildman–Crippen MR) is 117 cm³/mol. The van der Waals surface area contributed by atoms with E-state index in [0.717, 1.165) is 12.1 Å². The maximum absolute atomic E-state index is 13.9. The summed E-state index contributed by atoms with van der Waals surface area (Å²) >= 11 is 0. The highest BCUT2D eigenvalue weighted by Gasteiger charge is 2.46. The van der Waals surface area contributed by atoms with E-state index in [9.17, 15) is 35.2 Å². The van der Waals surface area contributed by atoms with Crippen LogP contribution in [-0.2, 0) is 21.4 Å². The van der Waals surface area contributed by atoms with Crippen LogP contribution in [0.15, 0.2) is 41.3 Å². The fourth-order valence-corrected chi connectivity index (χ4v) is 4.81.